The van der Waals surface area contributed by atoms with E-state index in [4.69, 9.17) is 4.74 Å². The van der Waals surface area contributed by atoms with Gasteiger partial charge in [-0.05, 0) is 51.0 Å². The third-order valence-electron chi connectivity index (χ3n) is 5.04. The zero-order chi connectivity index (χ0) is 14.0. The lowest BCUT2D eigenvalue weighted by atomic mass is 9.71. The van der Waals surface area contributed by atoms with Crippen molar-refractivity contribution >= 4 is 11.8 Å². The standard InChI is InChI=1S/C16H31NOS/c1-11-14(8-9-18-11)19-15-10-12(16(2,3)4)6-7-13(15)17-5/h11-15,17H,6-10H2,1-5H3. The van der Waals surface area contributed by atoms with Gasteiger partial charge in [-0.25, -0.2) is 0 Å². The maximum absolute atomic E-state index is 5.73. The van der Waals surface area contributed by atoms with E-state index in [2.05, 4.69) is 51.8 Å². The number of thioether (sulfide) groups is 1. The largest absolute Gasteiger partial charge is 0.377 e. The summed E-state index contributed by atoms with van der Waals surface area (Å²) in [7, 11) is 2.13. The highest BCUT2D eigenvalue weighted by Crippen LogP contribution is 2.44. The first-order chi connectivity index (χ1) is 8.91. The summed E-state index contributed by atoms with van der Waals surface area (Å²) in [6, 6.07) is 0.691. The fraction of sp³-hybridized carbons (Fsp3) is 1.00. The van der Waals surface area contributed by atoms with Crippen LogP contribution in [0.25, 0.3) is 0 Å². The van der Waals surface area contributed by atoms with E-state index in [1.807, 2.05) is 0 Å². The van der Waals surface area contributed by atoms with Gasteiger partial charge in [-0.3, -0.25) is 0 Å². The molecule has 2 fully saturated rings. The molecular formula is C16H31NOS. The Morgan fingerprint density at radius 2 is 1.84 bits per heavy atom. The van der Waals surface area contributed by atoms with Crippen molar-refractivity contribution < 1.29 is 4.74 Å². The molecule has 0 aromatic heterocycles. The predicted molar refractivity (Wildman–Crippen MR) is 84.8 cm³/mol. The summed E-state index contributed by atoms with van der Waals surface area (Å²) in [5.41, 5.74) is 0.454. The molecule has 2 aliphatic rings. The lowest BCUT2D eigenvalue weighted by molar-refractivity contribution is 0.127. The number of hydrogen-bond donors (Lipinski definition) is 1. The Balaban J connectivity index is 1.97. The molecule has 0 bridgehead atoms. The van der Waals surface area contributed by atoms with Gasteiger partial charge >= 0.3 is 0 Å². The van der Waals surface area contributed by atoms with Crippen molar-refractivity contribution in [3.8, 4) is 0 Å². The topological polar surface area (TPSA) is 21.3 Å². The van der Waals surface area contributed by atoms with Crippen LogP contribution in [-0.2, 0) is 4.74 Å². The molecular weight excluding hydrogens is 254 g/mol. The molecule has 1 saturated carbocycles. The van der Waals surface area contributed by atoms with Gasteiger partial charge in [-0.1, -0.05) is 20.8 Å². The Morgan fingerprint density at radius 1 is 1.11 bits per heavy atom. The second-order valence-electron chi connectivity index (χ2n) is 7.35. The molecule has 2 nitrogen and oxygen atoms in total. The Labute approximate surface area is 123 Å². The van der Waals surface area contributed by atoms with Crippen LogP contribution in [0, 0.1) is 11.3 Å². The van der Waals surface area contributed by atoms with E-state index in [1.54, 1.807) is 0 Å². The molecule has 19 heavy (non-hydrogen) atoms. The molecule has 1 aliphatic heterocycles. The van der Waals surface area contributed by atoms with Gasteiger partial charge in [0.25, 0.3) is 0 Å². The highest BCUT2D eigenvalue weighted by atomic mass is 32.2. The lowest BCUT2D eigenvalue weighted by Gasteiger charge is -2.42. The molecule has 2 rings (SSSR count). The van der Waals surface area contributed by atoms with Gasteiger partial charge in [-0.15, -0.1) is 0 Å². The van der Waals surface area contributed by atoms with Crippen LogP contribution in [0.2, 0.25) is 0 Å². The minimum absolute atomic E-state index is 0.442. The normalized spacial score (nSPS) is 40.6. The fourth-order valence-electron chi connectivity index (χ4n) is 3.51. The highest BCUT2D eigenvalue weighted by molar-refractivity contribution is 8.00. The summed E-state index contributed by atoms with van der Waals surface area (Å²) in [4.78, 5) is 0. The second kappa shape index (κ2) is 6.36. The Bertz CT molecular complexity index is 287. The van der Waals surface area contributed by atoms with Crippen LogP contribution in [0.5, 0.6) is 0 Å². The Kier molecular flexibility index (Phi) is 5.24. The van der Waals surface area contributed by atoms with E-state index in [-0.39, 0.29) is 0 Å². The van der Waals surface area contributed by atoms with Crippen LogP contribution in [-0.4, -0.2) is 36.3 Å². The first-order valence-corrected chi connectivity index (χ1v) is 8.80. The van der Waals surface area contributed by atoms with Crippen molar-refractivity contribution in [3.63, 3.8) is 0 Å². The summed E-state index contributed by atoms with van der Waals surface area (Å²) in [5, 5.41) is 5.02. The highest BCUT2D eigenvalue weighted by Gasteiger charge is 2.38. The van der Waals surface area contributed by atoms with Gasteiger partial charge in [0, 0.05) is 23.1 Å². The Hall–Kier alpha value is 0.270. The minimum atomic E-state index is 0.442. The average Bonchev–Trinajstić information content (AvgIpc) is 2.74. The Morgan fingerprint density at radius 3 is 2.37 bits per heavy atom. The molecule has 1 saturated heterocycles. The van der Waals surface area contributed by atoms with E-state index < -0.39 is 0 Å². The number of rotatable bonds is 3. The summed E-state index contributed by atoms with van der Waals surface area (Å²) in [5.74, 6) is 0.868. The van der Waals surface area contributed by atoms with Gasteiger partial charge < -0.3 is 10.1 Å². The predicted octanol–water partition coefficient (Wildman–Crippen LogP) is 3.70. The van der Waals surface area contributed by atoms with Gasteiger partial charge in [0.05, 0.1) is 6.10 Å². The molecule has 3 heteroatoms. The van der Waals surface area contributed by atoms with Crippen LogP contribution in [0.3, 0.4) is 0 Å². The molecule has 112 valence electrons. The zero-order valence-corrected chi connectivity index (χ0v) is 14.1. The van der Waals surface area contributed by atoms with Crippen molar-refractivity contribution in [2.24, 2.45) is 11.3 Å². The van der Waals surface area contributed by atoms with Crippen molar-refractivity contribution in [2.75, 3.05) is 13.7 Å². The number of nitrogens with one attached hydrogen (secondary N) is 1. The van der Waals surface area contributed by atoms with Crippen molar-refractivity contribution in [2.45, 2.75) is 76.0 Å². The summed E-state index contributed by atoms with van der Waals surface area (Å²) < 4.78 is 5.73. The maximum atomic E-state index is 5.73. The van der Waals surface area contributed by atoms with Crippen LogP contribution in [0.4, 0.5) is 0 Å². The number of ether oxygens (including phenoxy) is 1. The smallest absolute Gasteiger partial charge is 0.0666 e. The molecule has 0 spiro atoms. The van der Waals surface area contributed by atoms with Gasteiger partial charge in [0.15, 0.2) is 0 Å². The first kappa shape index (κ1) is 15.7. The van der Waals surface area contributed by atoms with E-state index in [0.29, 0.717) is 22.8 Å². The lowest BCUT2D eigenvalue weighted by Crippen LogP contribution is -2.44. The van der Waals surface area contributed by atoms with E-state index in [0.717, 1.165) is 17.8 Å². The monoisotopic (exact) mass is 285 g/mol. The molecule has 0 aromatic rings. The molecule has 0 aromatic carbocycles. The zero-order valence-electron chi connectivity index (χ0n) is 13.2. The van der Waals surface area contributed by atoms with Crippen molar-refractivity contribution in [1.29, 1.82) is 0 Å². The van der Waals surface area contributed by atoms with Crippen LogP contribution >= 0.6 is 11.8 Å². The molecule has 5 unspecified atom stereocenters. The first-order valence-electron chi connectivity index (χ1n) is 7.86. The van der Waals surface area contributed by atoms with E-state index >= 15 is 0 Å². The van der Waals surface area contributed by atoms with Gasteiger partial charge in [-0.2, -0.15) is 11.8 Å². The fourth-order valence-corrected chi connectivity index (χ4v) is 5.30. The van der Waals surface area contributed by atoms with Crippen LogP contribution in [0.15, 0.2) is 0 Å². The summed E-state index contributed by atoms with van der Waals surface area (Å²) in [6.07, 6.45) is 5.75. The van der Waals surface area contributed by atoms with Crippen molar-refractivity contribution in [3.05, 3.63) is 0 Å². The molecule has 5 atom stereocenters. The maximum Gasteiger partial charge on any atom is 0.0666 e. The average molecular weight is 285 g/mol. The molecule has 0 radical (unpaired) electrons. The van der Waals surface area contributed by atoms with E-state index in [1.165, 1.54) is 25.7 Å². The van der Waals surface area contributed by atoms with Crippen molar-refractivity contribution in [1.82, 2.24) is 5.32 Å². The molecule has 1 N–H and O–H groups in total. The SMILES string of the molecule is CNC1CCC(C(C)(C)C)CC1SC1CCOC1C. The molecule has 1 aliphatic carbocycles. The van der Waals surface area contributed by atoms with Crippen LogP contribution < -0.4 is 5.32 Å². The second-order valence-corrected chi connectivity index (χ2v) is 8.83. The minimum Gasteiger partial charge on any atom is -0.377 e. The third-order valence-corrected chi connectivity index (χ3v) is 6.88. The van der Waals surface area contributed by atoms with E-state index in [9.17, 15) is 0 Å². The van der Waals surface area contributed by atoms with Gasteiger partial charge in [0.2, 0.25) is 0 Å². The van der Waals surface area contributed by atoms with Crippen LogP contribution in [0.1, 0.15) is 53.4 Å². The molecule has 1 heterocycles. The quantitative estimate of drug-likeness (QED) is 0.854. The van der Waals surface area contributed by atoms with Gasteiger partial charge in [0.1, 0.15) is 0 Å². The summed E-state index contributed by atoms with van der Waals surface area (Å²) >= 11 is 2.20. The number of hydrogen-bond acceptors (Lipinski definition) is 3. The molecule has 0 amide bonds. The third kappa shape index (κ3) is 3.89. The summed E-state index contributed by atoms with van der Waals surface area (Å²) in [6.45, 7) is 10.4.